The fraction of sp³-hybridized carbons (Fsp3) is 0.333. The van der Waals surface area contributed by atoms with Crippen LogP contribution in [0.5, 0.6) is 0 Å². The van der Waals surface area contributed by atoms with Gasteiger partial charge < -0.3 is 20.5 Å². The summed E-state index contributed by atoms with van der Waals surface area (Å²) in [6, 6.07) is 11.0. The Hall–Kier alpha value is -3.43. The molecule has 2 aliphatic rings. The Balaban J connectivity index is 1.12. The molecule has 0 saturated heterocycles. The minimum Gasteiger partial charge on any atom is -0.366 e. The third-order valence-electron chi connectivity index (χ3n) is 7.18. The molecule has 1 aliphatic carbocycles. The lowest BCUT2D eigenvalue weighted by Crippen LogP contribution is -2.53. The van der Waals surface area contributed by atoms with E-state index in [1.807, 2.05) is 24.3 Å². The van der Waals surface area contributed by atoms with Gasteiger partial charge in [-0.2, -0.15) is 0 Å². The highest BCUT2D eigenvalue weighted by Gasteiger charge is 2.30. The van der Waals surface area contributed by atoms with Gasteiger partial charge in [-0.15, -0.1) is 11.3 Å². The van der Waals surface area contributed by atoms with E-state index in [-0.39, 0.29) is 23.9 Å². The van der Waals surface area contributed by atoms with E-state index in [4.69, 9.17) is 11.6 Å². The molecule has 2 amide bonds. The van der Waals surface area contributed by atoms with E-state index in [0.717, 1.165) is 72.4 Å². The van der Waals surface area contributed by atoms with Crippen LogP contribution in [-0.4, -0.2) is 45.4 Å². The van der Waals surface area contributed by atoms with Gasteiger partial charge in [0.05, 0.1) is 12.2 Å². The van der Waals surface area contributed by atoms with E-state index in [9.17, 15) is 9.59 Å². The number of anilines is 1. The normalized spacial score (nSPS) is 19.4. The zero-order valence-electron chi connectivity index (χ0n) is 20.2. The molecular formula is C27H27ClN6O2S. The highest BCUT2D eigenvalue weighted by molar-refractivity contribution is 7.13. The Morgan fingerprint density at radius 1 is 1.03 bits per heavy atom. The molecule has 4 aromatic rings. The Labute approximate surface area is 223 Å². The zero-order chi connectivity index (χ0) is 25.4. The van der Waals surface area contributed by atoms with Crippen molar-refractivity contribution >= 4 is 51.3 Å². The molecule has 3 aromatic heterocycles. The van der Waals surface area contributed by atoms with E-state index >= 15 is 0 Å². The lowest BCUT2D eigenvalue weighted by molar-refractivity contribution is 0.0860. The van der Waals surface area contributed by atoms with Gasteiger partial charge >= 0.3 is 0 Å². The van der Waals surface area contributed by atoms with Gasteiger partial charge in [0, 0.05) is 63.9 Å². The number of thiazole rings is 1. The first-order chi connectivity index (χ1) is 18.0. The Morgan fingerprint density at radius 2 is 1.78 bits per heavy atom. The molecule has 1 aliphatic heterocycles. The molecule has 8 nitrogen and oxygen atoms in total. The summed E-state index contributed by atoms with van der Waals surface area (Å²) in [5.74, 6) is -0.347. The molecule has 0 unspecified atom stereocenters. The van der Waals surface area contributed by atoms with Crippen LogP contribution >= 0.6 is 22.9 Å². The largest absolute Gasteiger partial charge is 0.366 e. The highest BCUT2D eigenvalue weighted by atomic mass is 35.5. The van der Waals surface area contributed by atoms with Crippen LogP contribution < -0.4 is 15.5 Å². The van der Waals surface area contributed by atoms with Crippen LogP contribution in [-0.2, 0) is 13.0 Å². The second-order valence-electron chi connectivity index (χ2n) is 9.62. The number of benzene rings is 1. The van der Waals surface area contributed by atoms with Gasteiger partial charge in [0.1, 0.15) is 5.69 Å². The predicted molar refractivity (Wildman–Crippen MR) is 145 cm³/mol. The molecule has 1 aromatic carbocycles. The van der Waals surface area contributed by atoms with Gasteiger partial charge in [0.2, 0.25) is 0 Å². The average Bonchev–Trinajstić information content (AvgIpc) is 3.54. The number of nitrogens with zero attached hydrogens (tertiary/aromatic N) is 3. The minimum absolute atomic E-state index is 0.140. The number of pyridine rings is 1. The van der Waals surface area contributed by atoms with Crippen LogP contribution in [0.2, 0.25) is 5.02 Å². The molecular weight excluding hydrogens is 508 g/mol. The smallest absolute Gasteiger partial charge is 0.280 e. The van der Waals surface area contributed by atoms with Crippen molar-refractivity contribution in [2.75, 3.05) is 11.4 Å². The SMILES string of the molecule is O=C(N[C@H]1CCCC[C@H]1NC(=O)c1nc2c(s1)CN(c1ccncc1)CC2)c1cc2ccc(Cl)cc2[nH]1. The van der Waals surface area contributed by atoms with E-state index in [1.54, 1.807) is 24.5 Å². The molecule has 1 saturated carbocycles. The number of rotatable bonds is 5. The third kappa shape index (κ3) is 5.06. The van der Waals surface area contributed by atoms with Crippen LogP contribution in [0.15, 0.2) is 48.8 Å². The first kappa shape index (κ1) is 23.9. The van der Waals surface area contributed by atoms with Crippen molar-refractivity contribution in [1.82, 2.24) is 25.6 Å². The summed E-state index contributed by atoms with van der Waals surface area (Å²) in [5, 5.41) is 8.35. The van der Waals surface area contributed by atoms with Crippen LogP contribution in [0.25, 0.3) is 10.9 Å². The molecule has 2 atom stereocenters. The number of amides is 2. The first-order valence-corrected chi connectivity index (χ1v) is 13.8. The molecule has 0 bridgehead atoms. The van der Waals surface area contributed by atoms with E-state index in [2.05, 4.69) is 30.5 Å². The van der Waals surface area contributed by atoms with Crippen molar-refractivity contribution in [3.8, 4) is 0 Å². The maximum atomic E-state index is 13.2. The molecule has 10 heteroatoms. The standard InChI is InChI=1S/C27H27ClN6O2S/c28-17-6-5-16-13-23(30-22(16)14-17)25(35)31-19-3-1-2-4-20(19)32-26(36)27-33-21-9-12-34(15-24(21)37-27)18-7-10-29-11-8-18/h5-8,10-11,13-14,19-20,30H,1-4,9,12,15H2,(H,31,35)(H,32,36)/t19-,20+/m0/s1. The monoisotopic (exact) mass is 534 g/mol. The van der Waals surface area contributed by atoms with Crippen molar-refractivity contribution in [2.24, 2.45) is 0 Å². The van der Waals surface area contributed by atoms with Crippen LogP contribution in [0.1, 0.15) is 56.5 Å². The summed E-state index contributed by atoms with van der Waals surface area (Å²) in [6.07, 6.45) is 8.05. The van der Waals surface area contributed by atoms with Gasteiger partial charge in [-0.05, 0) is 43.2 Å². The highest BCUT2D eigenvalue weighted by Crippen LogP contribution is 2.29. The van der Waals surface area contributed by atoms with Crippen LogP contribution in [0.4, 0.5) is 5.69 Å². The summed E-state index contributed by atoms with van der Waals surface area (Å²) < 4.78 is 0. The number of H-pyrrole nitrogens is 1. The quantitative estimate of drug-likeness (QED) is 0.344. The summed E-state index contributed by atoms with van der Waals surface area (Å²) in [7, 11) is 0. The third-order valence-corrected chi connectivity index (χ3v) is 8.50. The van der Waals surface area contributed by atoms with Crippen LogP contribution in [0, 0.1) is 0 Å². The molecule has 4 heterocycles. The summed E-state index contributed by atoms with van der Waals surface area (Å²) in [6.45, 7) is 1.60. The van der Waals surface area contributed by atoms with Crippen molar-refractivity contribution in [2.45, 2.75) is 50.7 Å². The fourth-order valence-corrected chi connectivity index (χ4v) is 6.44. The Bertz CT molecular complexity index is 1450. The molecule has 6 rings (SSSR count). The summed E-state index contributed by atoms with van der Waals surface area (Å²) in [5.41, 5.74) is 3.44. The minimum atomic E-state index is -0.181. The fourth-order valence-electron chi connectivity index (χ4n) is 5.24. The Morgan fingerprint density at radius 3 is 2.57 bits per heavy atom. The van der Waals surface area contributed by atoms with E-state index in [0.29, 0.717) is 15.7 Å². The molecule has 0 spiro atoms. The number of nitrogens with one attached hydrogen (secondary N) is 3. The number of carbonyl (C=O) groups excluding carboxylic acids is 2. The maximum Gasteiger partial charge on any atom is 0.280 e. The number of aromatic nitrogens is 3. The maximum absolute atomic E-state index is 13.2. The van der Waals surface area contributed by atoms with E-state index in [1.165, 1.54) is 11.3 Å². The van der Waals surface area contributed by atoms with Crippen molar-refractivity contribution in [3.05, 3.63) is 75.1 Å². The van der Waals surface area contributed by atoms with Gasteiger partial charge in [-0.1, -0.05) is 30.5 Å². The van der Waals surface area contributed by atoms with Crippen molar-refractivity contribution in [1.29, 1.82) is 0 Å². The van der Waals surface area contributed by atoms with Crippen LogP contribution in [0.3, 0.4) is 0 Å². The predicted octanol–water partition coefficient (Wildman–Crippen LogP) is 4.71. The number of aromatic amines is 1. The number of carbonyl (C=O) groups is 2. The molecule has 0 radical (unpaired) electrons. The van der Waals surface area contributed by atoms with Gasteiger partial charge in [-0.25, -0.2) is 4.98 Å². The number of hydrogen-bond donors (Lipinski definition) is 3. The zero-order valence-corrected chi connectivity index (χ0v) is 21.7. The summed E-state index contributed by atoms with van der Waals surface area (Å²) >= 11 is 7.54. The van der Waals surface area contributed by atoms with Crippen molar-refractivity contribution in [3.63, 3.8) is 0 Å². The lowest BCUT2D eigenvalue weighted by atomic mass is 9.90. The van der Waals surface area contributed by atoms with Crippen molar-refractivity contribution < 1.29 is 9.59 Å². The lowest BCUT2D eigenvalue weighted by Gasteiger charge is -2.32. The average molecular weight is 535 g/mol. The molecule has 3 N–H and O–H groups in total. The first-order valence-electron chi connectivity index (χ1n) is 12.6. The second kappa shape index (κ2) is 10.1. The summed E-state index contributed by atoms with van der Waals surface area (Å²) in [4.78, 5) is 41.6. The molecule has 37 heavy (non-hydrogen) atoms. The number of fused-ring (bicyclic) bond motifs is 2. The van der Waals surface area contributed by atoms with Gasteiger partial charge in [0.15, 0.2) is 5.01 Å². The number of halogens is 1. The Kier molecular flexibility index (Phi) is 6.56. The number of hydrogen-bond acceptors (Lipinski definition) is 6. The van der Waals surface area contributed by atoms with Gasteiger partial charge in [-0.3, -0.25) is 14.6 Å². The second-order valence-corrected chi connectivity index (χ2v) is 11.1. The molecule has 190 valence electrons. The molecule has 1 fully saturated rings. The van der Waals surface area contributed by atoms with Gasteiger partial charge in [0.25, 0.3) is 11.8 Å². The topological polar surface area (TPSA) is 103 Å². The van der Waals surface area contributed by atoms with E-state index < -0.39 is 0 Å².